The fraction of sp³-hybridized carbons (Fsp3) is 0.885. The Labute approximate surface area is 194 Å². The molecule has 1 fully saturated rings. The predicted molar refractivity (Wildman–Crippen MR) is 128 cm³/mol. The van der Waals surface area contributed by atoms with Gasteiger partial charge in [-0.3, -0.25) is 14.4 Å². The van der Waals surface area contributed by atoms with Crippen molar-refractivity contribution in [3.63, 3.8) is 0 Å². The van der Waals surface area contributed by atoms with Crippen molar-refractivity contribution in [2.75, 3.05) is 6.54 Å². The molecule has 0 saturated heterocycles. The van der Waals surface area contributed by atoms with Gasteiger partial charge >= 0.3 is 11.9 Å². The number of hydrogen-bond donors (Lipinski definition) is 3. The number of carboxylic acid groups (broad SMARTS) is 2. The minimum Gasteiger partial charge on any atom is -0.481 e. The van der Waals surface area contributed by atoms with E-state index in [0.717, 1.165) is 89.9 Å². The fourth-order valence-corrected chi connectivity index (χ4v) is 5.69. The Hall–Kier alpha value is -1.43. The SMILES string of the molecule is CCCCCCC(CCCCCCCCCC(=O)O)C(C(=O)CN)C1(C(=O)O)CCCC1. The van der Waals surface area contributed by atoms with Crippen molar-refractivity contribution in [3.8, 4) is 0 Å². The molecular weight excluding hydrogens is 406 g/mol. The molecule has 0 aromatic rings. The molecule has 6 nitrogen and oxygen atoms in total. The van der Waals surface area contributed by atoms with Gasteiger partial charge < -0.3 is 15.9 Å². The molecule has 0 aromatic heterocycles. The standard InChI is InChI=1S/C26H47NO5/c1-2-3-4-10-15-21(16-11-8-6-5-7-9-12-17-23(29)30)24(22(28)20-27)26(25(31)32)18-13-14-19-26/h21,24H,2-20,27H2,1H3,(H,29,30)(H,31,32). The molecule has 6 heteroatoms. The third-order valence-corrected chi connectivity index (χ3v) is 7.43. The summed E-state index contributed by atoms with van der Waals surface area (Å²) in [7, 11) is 0. The lowest BCUT2D eigenvalue weighted by molar-refractivity contribution is -0.158. The zero-order chi connectivity index (χ0) is 23.8. The van der Waals surface area contributed by atoms with Crippen LogP contribution in [-0.4, -0.2) is 34.5 Å². The summed E-state index contributed by atoms with van der Waals surface area (Å²) in [6, 6.07) is 0. The molecule has 0 aromatic carbocycles. The Morgan fingerprint density at radius 2 is 1.31 bits per heavy atom. The van der Waals surface area contributed by atoms with Crippen LogP contribution in [0.15, 0.2) is 0 Å². The molecule has 0 spiro atoms. The highest BCUT2D eigenvalue weighted by molar-refractivity contribution is 5.90. The summed E-state index contributed by atoms with van der Waals surface area (Å²) < 4.78 is 0. The zero-order valence-corrected chi connectivity index (χ0v) is 20.3. The van der Waals surface area contributed by atoms with E-state index < -0.39 is 23.3 Å². The fourth-order valence-electron chi connectivity index (χ4n) is 5.69. The van der Waals surface area contributed by atoms with Crippen LogP contribution in [0.1, 0.15) is 122 Å². The zero-order valence-electron chi connectivity index (χ0n) is 20.3. The molecule has 0 bridgehead atoms. The lowest BCUT2D eigenvalue weighted by Gasteiger charge is -2.38. The van der Waals surface area contributed by atoms with Crippen molar-refractivity contribution in [2.45, 2.75) is 122 Å². The van der Waals surface area contributed by atoms with Crippen LogP contribution in [0.3, 0.4) is 0 Å². The summed E-state index contributed by atoms with van der Waals surface area (Å²) in [4.78, 5) is 35.9. The molecule has 0 aliphatic heterocycles. The average Bonchev–Trinajstić information content (AvgIpc) is 3.25. The molecule has 1 saturated carbocycles. The second-order valence-electron chi connectivity index (χ2n) is 9.83. The van der Waals surface area contributed by atoms with E-state index in [4.69, 9.17) is 10.8 Å². The van der Waals surface area contributed by atoms with Crippen LogP contribution in [0.4, 0.5) is 0 Å². The number of ketones is 1. The van der Waals surface area contributed by atoms with Crippen molar-refractivity contribution < 1.29 is 24.6 Å². The topological polar surface area (TPSA) is 118 Å². The number of carbonyl (C=O) groups excluding carboxylic acids is 1. The highest BCUT2D eigenvalue weighted by Crippen LogP contribution is 2.50. The number of rotatable bonds is 20. The van der Waals surface area contributed by atoms with Crippen LogP contribution in [0.5, 0.6) is 0 Å². The van der Waals surface area contributed by atoms with Gasteiger partial charge in [-0.25, -0.2) is 0 Å². The Morgan fingerprint density at radius 3 is 1.78 bits per heavy atom. The first kappa shape index (κ1) is 28.6. The Kier molecular flexibility index (Phi) is 14.5. The highest BCUT2D eigenvalue weighted by atomic mass is 16.4. The van der Waals surface area contributed by atoms with E-state index in [1.54, 1.807) is 0 Å². The van der Waals surface area contributed by atoms with Crippen LogP contribution in [0.25, 0.3) is 0 Å². The third kappa shape index (κ3) is 9.60. The molecule has 0 amide bonds. The summed E-state index contributed by atoms with van der Waals surface area (Å²) in [5.74, 6) is -1.94. The molecular formula is C26H47NO5. The van der Waals surface area contributed by atoms with Gasteiger partial charge in [-0.15, -0.1) is 0 Å². The summed E-state index contributed by atoms with van der Waals surface area (Å²) in [5, 5.41) is 18.8. The molecule has 32 heavy (non-hydrogen) atoms. The van der Waals surface area contributed by atoms with Crippen molar-refractivity contribution in [3.05, 3.63) is 0 Å². The van der Waals surface area contributed by atoms with Gasteiger partial charge in [0.15, 0.2) is 5.78 Å². The largest absolute Gasteiger partial charge is 0.481 e. The monoisotopic (exact) mass is 453 g/mol. The molecule has 1 aliphatic rings. The summed E-state index contributed by atoms with van der Waals surface area (Å²) in [6.07, 6.45) is 16.6. The van der Waals surface area contributed by atoms with Crippen molar-refractivity contribution in [1.29, 1.82) is 0 Å². The Morgan fingerprint density at radius 1 is 0.812 bits per heavy atom. The molecule has 0 radical (unpaired) electrons. The molecule has 1 aliphatic carbocycles. The van der Waals surface area contributed by atoms with Crippen molar-refractivity contribution in [2.24, 2.45) is 23.0 Å². The van der Waals surface area contributed by atoms with E-state index in [9.17, 15) is 19.5 Å². The highest BCUT2D eigenvalue weighted by Gasteiger charge is 2.52. The van der Waals surface area contributed by atoms with Crippen LogP contribution in [0, 0.1) is 17.3 Å². The summed E-state index contributed by atoms with van der Waals surface area (Å²) >= 11 is 0. The van der Waals surface area contributed by atoms with E-state index in [-0.39, 0.29) is 24.7 Å². The van der Waals surface area contributed by atoms with Gasteiger partial charge in [-0.2, -0.15) is 0 Å². The first-order chi connectivity index (χ1) is 15.4. The maximum atomic E-state index is 13.0. The van der Waals surface area contributed by atoms with E-state index in [2.05, 4.69) is 6.92 Å². The van der Waals surface area contributed by atoms with Crippen molar-refractivity contribution in [1.82, 2.24) is 0 Å². The van der Waals surface area contributed by atoms with E-state index in [1.165, 1.54) is 6.42 Å². The van der Waals surface area contributed by atoms with Gasteiger partial charge in [-0.05, 0) is 38.0 Å². The number of hydrogen-bond acceptors (Lipinski definition) is 4. The average molecular weight is 454 g/mol. The molecule has 186 valence electrons. The van der Waals surface area contributed by atoms with Crippen LogP contribution in [0.2, 0.25) is 0 Å². The van der Waals surface area contributed by atoms with Gasteiger partial charge in [-0.1, -0.05) is 84.0 Å². The molecule has 0 heterocycles. The van der Waals surface area contributed by atoms with Crippen LogP contribution >= 0.6 is 0 Å². The van der Waals surface area contributed by atoms with Gasteiger partial charge in [0.1, 0.15) is 0 Å². The second-order valence-corrected chi connectivity index (χ2v) is 9.83. The van der Waals surface area contributed by atoms with Crippen molar-refractivity contribution >= 4 is 17.7 Å². The number of Topliss-reactive ketones (excluding diaryl/α,β-unsaturated/α-hetero) is 1. The normalized spacial score (nSPS) is 17.2. The maximum Gasteiger partial charge on any atom is 0.310 e. The van der Waals surface area contributed by atoms with Gasteiger partial charge in [0.05, 0.1) is 12.0 Å². The van der Waals surface area contributed by atoms with Crippen LogP contribution < -0.4 is 5.73 Å². The lowest BCUT2D eigenvalue weighted by atomic mass is 9.64. The Balaban J connectivity index is 2.68. The van der Waals surface area contributed by atoms with Gasteiger partial charge in [0.2, 0.25) is 0 Å². The van der Waals surface area contributed by atoms with Gasteiger partial charge in [0.25, 0.3) is 0 Å². The molecule has 4 N–H and O–H groups in total. The number of aliphatic carboxylic acids is 2. The summed E-state index contributed by atoms with van der Waals surface area (Å²) in [6.45, 7) is 2.11. The number of carboxylic acids is 2. The first-order valence-electron chi connectivity index (χ1n) is 13.1. The minimum absolute atomic E-state index is 0.0618. The minimum atomic E-state index is -0.921. The quantitative estimate of drug-likeness (QED) is 0.196. The number of nitrogens with two attached hydrogens (primary N) is 1. The molecule has 1 rings (SSSR count). The van der Waals surface area contributed by atoms with Crippen LogP contribution in [-0.2, 0) is 14.4 Å². The van der Waals surface area contributed by atoms with Gasteiger partial charge in [0, 0.05) is 12.3 Å². The predicted octanol–water partition coefficient (Wildman–Crippen LogP) is 5.96. The number of carbonyl (C=O) groups is 3. The number of unbranched alkanes of at least 4 members (excludes halogenated alkanes) is 9. The lowest BCUT2D eigenvalue weighted by Crippen LogP contribution is -2.46. The smallest absolute Gasteiger partial charge is 0.310 e. The maximum absolute atomic E-state index is 13.0. The summed E-state index contributed by atoms with van der Waals surface area (Å²) in [5.41, 5.74) is 4.87. The third-order valence-electron chi connectivity index (χ3n) is 7.43. The van der Waals surface area contributed by atoms with E-state index >= 15 is 0 Å². The second kappa shape index (κ2) is 16.2. The first-order valence-corrected chi connectivity index (χ1v) is 13.1. The molecule has 2 atom stereocenters. The van der Waals surface area contributed by atoms with E-state index in [0.29, 0.717) is 12.8 Å². The Bertz CT molecular complexity index is 556. The van der Waals surface area contributed by atoms with E-state index in [1.807, 2.05) is 0 Å². The molecule has 2 unspecified atom stereocenters.